The van der Waals surface area contributed by atoms with E-state index in [1.807, 2.05) is 0 Å². The molecular weight excluding hydrogens is 191 g/mol. The molecule has 0 aliphatic carbocycles. The fourth-order valence-corrected chi connectivity index (χ4v) is 1.08. The first-order chi connectivity index (χ1) is 6.16. The van der Waals surface area contributed by atoms with Crippen LogP contribution in [0, 0.1) is 5.82 Å². The summed E-state index contributed by atoms with van der Waals surface area (Å²) in [5.41, 5.74) is 0.830. The molecule has 14 heavy (non-hydrogen) atoms. The second-order valence-corrected chi connectivity index (χ2v) is 2.55. The van der Waals surface area contributed by atoms with Gasteiger partial charge in [-0.3, -0.25) is 0 Å². The Morgan fingerprint density at radius 3 is 2.86 bits per heavy atom. The molecular formula is C8H7FN2O3. The van der Waals surface area contributed by atoms with Gasteiger partial charge in [-0.2, -0.15) is 0 Å². The fraction of sp³-hybridized carbons (Fsp3) is 0. The first-order valence-corrected chi connectivity index (χ1v) is 3.55. The summed E-state index contributed by atoms with van der Waals surface area (Å²) >= 11 is 0. The van der Waals surface area contributed by atoms with Crippen molar-refractivity contribution >= 4 is 17.0 Å². The van der Waals surface area contributed by atoms with Crippen molar-refractivity contribution in [2.45, 2.75) is 0 Å². The molecule has 0 bridgehead atoms. The third kappa shape index (κ3) is 1.55. The number of aromatic nitrogens is 2. The Morgan fingerprint density at radius 1 is 1.50 bits per heavy atom. The second-order valence-electron chi connectivity index (χ2n) is 2.55. The van der Waals surface area contributed by atoms with Gasteiger partial charge in [-0.15, -0.1) is 0 Å². The number of nitrogens with zero attached hydrogens (tertiary/aromatic N) is 1. The number of carboxylic acid groups (broad SMARTS) is 1. The van der Waals surface area contributed by atoms with Crippen LogP contribution in [0.5, 0.6) is 0 Å². The van der Waals surface area contributed by atoms with Crippen LogP contribution in [0.1, 0.15) is 10.6 Å². The molecule has 0 radical (unpaired) electrons. The number of imidazole rings is 1. The maximum absolute atomic E-state index is 12.7. The van der Waals surface area contributed by atoms with Crippen molar-refractivity contribution < 1.29 is 19.8 Å². The number of aromatic carboxylic acids is 1. The first kappa shape index (κ1) is 10.1. The molecule has 74 valence electrons. The zero-order valence-corrected chi connectivity index (χ0v) is 6.91. The molecule has 0 aliphatic heterocycles. The Balaban J connectivity index is 0.000000980. The molecule has 0 amide bonds. The van der Waals surface area contributed by atoms with Crippen molar-refractivity contribution in [2.24, 2.45) is 0 Å². The number of hydrogen-bond donors (Lipinski definition) is 2. The minimum Gasteiger partial charge on any atom is -0.475 e. The third-order valence-electron chi connectivity index (χ3n) is 1.65. The second kappa shape index (κ2) is 3.43. The first-order valence-electron chi connectivity index (χ1n) is 3.55. The molecule has 1 aromatic carbocycles. The summed E-state index contributed by atoms with van der Waals surface area (Å²) in [4.78, 5) is 16.7. The summed E-state index contributed by atoms with van der Waals surface area (Å²) in [7, 11) is 0. The van der Waals surface area contributed by atoms with Gasteiger partial charge in [0.1, 0.15) is 5.82 Å². The summed E-state index contributed by atoms with van der Waals surface area (Å²) < 4.78 is 12.7. The maximum atomic E-state index is 12.7. The summed E-state index contributed by atoms with van der Waals surface area (Å²) in [6.45, 7) is 0. The molecule has 6 heteroatoms. The molecule has 0 saturated heterocycles. The molecule has 4 N–H and O–H groups in total. The quantitative estimate of drug-likeness (QED) is 0.700. The molecule has 0 fully saturated rings. The number of H-pyrrole nitrogens is 1. The molecule has 0 atom stereocenters. The number of halogens is 1. The van der Waals surface area contributed by atoms with Crippen molar-refractivity contribution in [2.75, 3.05) is 0 Å². The average molecular weight is 198 g/mol. The van der Waals surface area contributed by atoms with E-state index in [-0.39, 0.29) is 11.3 Å². The molecule has 5 nitrogen and oxygen atoms in total. The van der Waals surface area contributed by atoms with Gasteiger partial charge in [0.05, 0.1) is 11.0 Å². The summed E-state index contributed by atoms with van der Waals surface area (Å²) in [6, 6.07) is 3.86. The van der Waals surface area contributed by atoms with E-state index in [0.717, 1.165) is 0 Å². The van der Waals surface area contributed by atoms with Gasteiger partial charge < -0.3 is 15.6 Å². The Kier molecular flexibility index (Phi) is 2.48. The van der Waals surface area contributed by atoms with Crippen LogP contribution in [-0.2, 0) is 0 Å². The zero-order valence-electron chi connectivity index (χ0n) is 6.91. The lowest BCUT2D eigenvalue weighted by molar-refractivity contribution is 0.0685. The smallest absolute Gasteiger partial charge is 0.371 e. The molecule has 0 saturated carbocycles. The molecule has 0 aliphatic rings. The van der Waals surface area contributed by atoms with Crippen LogP contribution in [0.3, 0.4) is 0 Å². The van der Waals surface area contributed by atoms with E-state index in [4.69, 9.17) is 5.11 Å². The van der Waals surface area contributed by atoms with Gasteiger partial charge in [-0.05, 0) is 18.2 Å². The highest BCUT2D eigenvalue weighted by atomic mass is 19.1. The Morgan fingerprint density at radius 2 is 2.21 bits per heavy atom. The Bertz CT molecular complexity index is 480. The van der Waals surface area contributed by atoms with Gasteiger partial charge in [-0.1, -0.05) is 0 Å². The van der Waals surface area contributed by atoms with Crippen LogP contribution >= 0.6 is 0 Å². The molecule has 2 rings (SSSR count). The van der Waals surface area contributed by atoms with Gasteiger partial charge >= 0.3 is 5.97 Å². The van der Waals surface area contributed by atoms with Crippen molar-refractivity contribution in [3.05, 3.63) is 29.8 Å². The van der Waals surface area contributed by atoms with Gasteiger partial charge in [0.2, 0.25) is 5.82 Å². The number of rotatable bonds is 1. The molecule has 0 spiro atoms. The lowest BCUT2D eigenvalue weighted by Gasteiger charge is -1.86. The molecule has 1 heterocycles. The highest BCUT2D eigenvalue weighted by Crippen LogP contribution is 2.12. The zero-order chi connectivity index (χ0) is 9.42. The summed E-state index contributed by atoms with van der Waals surface area (Å²) in [5, 5.41) is 8.57. The van der Waals surface area contributed by atoms with Crippen molar-refractivity contribution in [3.8, 4) is 0 Å². The summed E-state index contributed by atoms with van der Waals surface area (Å²) in [6.07, 6.45) is 0. The van der Waals surface area contributed by atoms with E-state index in [1.165, 1.54) is 18.2 Å². The largest absolute Gasteiger partial charge is 0.475 e. The number of aromatic amines is 1. The summed E-state index contributed by atoms with van der Waals surface area (Å²) in [5.74, 6) is -1.76. The topological polar surface area (TPSA) is 97.5 Å². The van der Waals surface area contributed by atoms with Crippen molar-refractivity contribution in [1.29, 1.82) is 0 Å². The minimum atomic E-state index is -1.16. The molecule has 1 aromatic heterocycles. The number of hydrogen-bond acceptors (Lipinski definition) is 2. The van der Waals surface area contributed by atoms with Crippen molar-refractivity contribution in [3.63, 3.8) is 0 Å². The predicted molar refractivity (Wildman–Crippen MR) is 46.6 cm³/mol. The van der Waals surface area contributed by atoms with E-state index in [0.29, 0.717) is 11.0 Å². The Hall–Kier alpha value is -1.95. The van der Waals surface area contributed by atoms with Crippen LogP contribution in [0.15, 0.2) is 18.2 Å². The van der Waals surface area contributed by atoms with E-state index in [9.17, 15) is 9.18 Å². The van der Waals surface area contributed by atoms with E-state index < -0.39 is 11.8 Å². The maximum Gasteiger partial charge on any atom is 0.371 e. The predicted octanol–water partition coefficient (Wildman–Crippen LogP) is 0.576. The van der Waals surface area contributed by atoms with E-state index >= 15 is 0 Å². The van der Waals surface area contributed by atoms with Gasteiger partial charge in [0.25, 0.3) is 0 Å². The van der Waals surface area contributed by atoms with Crippen molar-refractivity contribution in [1.82, 2.24) is 9.97 Å². The number of nitrogens with one attached hydrogen (secondary N) is 1. The molecule has 2 aromatic rings. The number of carbonyl (C=O) groups is 1. The van der Waals surface area contributed by atoms with Crippen LogP contribution in [0.4, 0.5) is 4.39 Å². The normalized spacial score (nSPS) is 9.79. The lowest BCUT2D eigenvalue weighted by atomic mass is 10.3. The Labute approximate surface area is 77.5 Å². The number of fused-ring (bicyclic) bond motifs is 1. The van der Waals surface area contributed by atoms with Crippen LogP contribution in [0.25, 0.3) is 11.0 Å². The molecule has 0 unspecified atom stereocenters. The SMILES string of the molecule is O.O=C(O)c1nc2ccc(F)cc2[nH]1. The highest BCUT2D eigenvalue weighted by Gasteiger charge is 2.08. The fourth-order valence-electron chi connectivity index (χ4n) is 1.08. The van der Waals surface area contributed by atoms with Crippen LogP contribution in [-0.4, -0.2) is 26.5 Å². The average Bonchev–Trinajstić information content (AvgIpc) is 2.46. The monoisotopic (exact) mass is 198 g/mol. The number of benzene rings is 1. The van der Waals surface area contributed by atoms with Gasteiger partial charge in [-0.25, -0.2) is 14.2 Å². The standard InChI is InChI=1S/C8H5FN2O2.H2O/c9-4-1-2-5-6(3-4)11-7(10-5)8(12)13;/h1-3H,(H,10,11)(H,12,13);1H2. The van der Waals surface area contributed by atoms with E-state index in [1.54, 1.807) is 0 Å². The lowest BCUT2D eigenvalue weighted by Crippen LogP contribution is -1.97. The number of carboxylic acids is 1. The minimum absolute atomic E-state index is 0. The highest BCUT2D eigenvalue weighted by molar-refractivity contribution is 5.88. The van der Waals surface area contributed by atoms with E-state index in [2.05, 4.69) is 9.97 Å². The third-order valence-corrected chi connectivity index (χ3v) is 1.65. The van der Waals surface area contributed by atoms with Crippen LogP contribution < -0.4 is 0 Å². The van der Waals surface area contributed by atoms with Crippen LogP contribution in [0.2, 0.25) is 0 Å². The van der Waals surface area contributed by atoms with Gasteiger partial charge in [0.15, 0.2) is 0 Å². The van der Waals surface area contributed by atoms with Gasteiger partial charge in [0, 0.05) is 0 Å².